The number of carbonyl (C=O) groups excluding carboxylic acids is 1. The second kappa shape index (κ2) is 10.7. The standard InChI is InChI=1S/C20H25N3O3.CF2O/c1-14-17(21-10-9-18(14)26-12-6-11-25-3)13-20(2,24)19-22-15-7-4-5-8-16(15)23-19;2-1(3)4/h4-5,7-10,24H,6,11-13H2,1-3H3,(H,22,23);. The van der Waals surface area contributed by atoms with Gasteiger partial charge in [-0.2, -0.15) is 0 Å². The highest BCUT2D eigenvalue weighted by Crippen LogP contribution is 2.28. The minimum absolute atomic E-state index is 0.341. The summed E-state index contributed by atoms with van der Waals surface area (Å²) in [4.78, 5) is 20.3. The van der Waals surface area contributed by atoms with Crippen molar-refractivity contribution in [2.45, 2.75) is 32.3 Å². The second-order valence-electron chi connectivity index (χ2n) is 6.85. The van der Waals surface area contributed by atoms with Crippen LogP contribution >= 0.6 is 0 Å². The predicted octanol–water partition coefficient (Wildman–Crippen LogP) is 4.18. The number of rotatable bonds is 8. The van der Waals surface area contributed by atoms with Gasteiger partial charge in [-0.1, -0.05) is 12.1 Å². The third kappa shape index (κ3) is 6.57. The number of methoxy groups -OCH3 is 1. The number of pyridine rings is 1. The maximum atomic E-state index is 11.0. The molecule has 1 aromatic carbocycles. The molecule has 1 unspecified atom stereocenters. The Kier molecular flexibility index (Phi) is 8.37. The van der Waals surface area contributed by atoms with Crippen molar-refractivity contribution in [3.8, 4) is 5.75 Å². The van der Waals surface area contributed by atoms with Crippen molar-refractivity contribution in [3.05, 3.63) is 53.6 Å². The molecule has 2 aromatic heterocycles. The zero-order valence-electron chi connectivity index (χ0n) is 17.1. The number of aromatic nitrogens is 3. The predicted molar refractivity (Wildman–Crippen MR) is 108 cm³/mol. The molecule has 2 heterocycles. The maximum Gasteiger partial charge on any atom is 0.483 e. The Balaban J connectivity index is 0.000000735. The van der Waals surface area contributed by atoms with Crippen LogP contribution in [-0.4, -0.2) is 46.7 Å². The fourth-order valence-corrected chi connectivity index (χ4v) is 2.90. The van der Waals surface area contributed by atoms with Crippen LogP contribution in [0.4, 0.5) is 13.6 Å². The fraction of sp³-hybridized carbons (Fsp3) is 0.381. The summed E-state index contributed by atoms with van der Waals surface area (Å²) in [7, 11) is 1.68. The van der Waals surface area contributed by atoms with E-state index in [2.05, 4.69) is 15.0 Å². The highest BCUT2D eigenvalue weighted by atomic mass is 19.3. The van der Waals surface area contributed by atoms with E-state index in [0.29, 0.717) is 25.5 Å². The number of benzene rings is 1. The summed E-state index contributed by atoms with van der Waals surface area (Å²) in [5.41, 5.74) is 2.30. The van der Waals surface area contributed by atoms with Gasteiger partial charge in [0, 0.05) is 38.3 Å². The first-order valence-electron chi connectivity index (χ1n) is 9.33. The van der Waals surface area contributed by atoms with Crippen molar-refractivity contribution in [2.24, 2.45) is 0 Å². The third-order valence-electron chi connectivity index (χ3n) is 4.42. The average molecular weight is 421 g/mol. The van der Waals surface area contributed by atoms with Crippen molar-refractivity contribution < 1.29 is 28.2 Å². The van der Waals surface area contributed by atoms with E-state index in [1.165, 1.54) is 0 Å². The van der Waals surface area contributed by atoms with Crippen LogP contribution < -0.4 is 4.74 Å². The van der Waals surface area contributed by atoms with Gasteiger partial charge in [-0.3, -0.25) is 4.98 Å². The largest absolute Gasteiger partial charge is 0.493 e. The lowest BCUT2D eigenvalue weighted by molar-refractivity contribution is 0.0480. The number of aromatic amines is 1. The number of hydrogen-bond donors (Lipinski definition) is 2. The third-order valence-corrected chi connectivity index (χ3v) is 4.42. The van der Waals surface area contributed by atoms with Crippen LogP contribution in [0.3, 0.4) is 0 Å². The SMILES string of the molecule is COCCCOc1ccnc(CC(C)(O)c2nc3ccccc3[nH]2)c1C.O=C(F)F. The second-order valence-corrected chi connectivity index (χ2v) is 6.85. The summed E-state index contributed by atoms with van der Waals surface area (Å²) >= 11 is 0. The number of ether oxygens (including phenoxy) is 2. The fourth-order valence-electron chi connectivity index (χ4n) is 2.90. The number of para-hydroxylation sites is 2. The Morgan fingerprint density at radius 1 is 1.23 bits per heavy atom. The summed E-state index contributed by atoms with van der Waals surface area (Å²) in [5.74, 6) is 1.32. The Bertz CT molecular complexity index is 939. The minimum Gasteiger partial charge on any atom is -0.493 e. The summed E-state index contributed by atoms with van der Waals surface area (Å²) in [6.45, 7) is 4.95. The molecule has 1 atom stereocenters. The van der Waals surface area contributed by atoms with Crippen LogP contribution in [-0.2, 0) is 16.8 Å². The molecule has 162 valence electrons. The van der Waals surface area contributed by atoms with E-state index < -0.39 is 11.9 Å². The molecule has 0 aliphatic rings. The summed E-state index contributed by atoms with van der Waals surface area (Å²) in [5, 5.41) is 11.0. The van der Waals surface area contributed by atoms with Crippen LogP contribution in [0.25, 0.3) is 11.0 Å². The quantitative estimate of drug-likeness (QED) is 0.418. The molecule has 0 fully saturated rings. The molecule has 0 saturated carbocycles. The van der Waals surface area contributed by atoms with E-state index in [1.807, 2.05) is 37.3 Å². The lowest BCUT2D eigenvalue weighted by Gasteiger charge is -2.22. The Hall–Kier alpha value is -2.91. The molecule has 0 spiro atoms. The van der Waals surface area contributed by atoms with Crippen LogP contribution in [0.2, 0.25) is 0 Å². The van der Waals surface area contributed by atoms with Crippen LogP contribution in [0.1, 0.15) is 30.4 Å². The normalized spacial score (nSPS) is 12.7. The van der Waals surface area contributed by atoms with E-state index in [9.17, 15) is 13.9 Å². The zero-order valence-corrected chi connectivity index (χ0v) is 17.1. The topological polar surface area (TPSA) is 97.3 Å². The van der Waals surface area contributed by atoms with Gasteiger partial charge in [-0.25, -0.2) is 9.78 Å². The van der Waals surface area contributed by atoms with E-state index >= 15 is 0 Å². The number of carbonyl (C=O) groups is 1. The van der Waals surface area contributed by atoms with Gasteiger partial charge in [0.05, 0.1) is 23.3 Å². The molecule has 30 heavy (non-hydrogen) atoms. The molecule has 0 radical (unpaired) electrons. The molecule has 0 saturated heterocycles. The summed E-state index contributed by atoms with van der Waals surface area (Å²) < 4.78 is 30.2. The number of aliphatic hydroxyl groups is 1. The number of imidazole rings is 1. The molecule has 0 bridgehead atoms. The zero-order chi connectivity index (χ0) is 22.1. The van der Waals surface area contributed by atoms with Gasteiger partial charge in [0.1, 0.15) is 17.2 Å². The number of halogens is 2. The molecule has 0 amide bonds. The molecule has 9 heteroatoms. The van der Waals surface area contributed by atoms with Gasteiger partial charge in [-0.05, 0) is 32.0 Å². The minimum atomic E-state index is -2.83. The van der Waals surface area contributed by atoms with Gasteiger partial charge in [-0.15, -0.1) is 8.78 Å². The highest BCUT2D eigenvalue weighted by molar-refractivity contribution is 5.74. The van der Waals surface area contributed by atoms with Crippen molar-refractivity contribution in [2.75, 3.05) is 20.3 Å². The number of nitrogens with one attached hydrogen (secondary N) is 1. The van der Waals surface area contributed by atoms with E-state index in [0.717, 1.165) is 34.5 Å². The van der Waals surface area contributed by atoms with Crippen molar-refractivity contribution in [1.82, 2.24) is 15.0 Å². The van der Waals surface area contributed by atoms with Gasteiger partial charge in [0.2, 0.25) is 0 Å². The number of fused-ring (bicyclic) bond motifs is 1. The van der Waals surface area contributed by atoms with E-state index in [4.69, 9.17) is 14.3 Å². The van der Waals surface area contributed by atoms with Crippen molar-refractivity contribution in [3.63, 3.8) is 0 Å². The monoisotopic (exact) mass is 421 g/mol. The first-order chi connectivity index (χ1) is 14.2. The molecule has 3 aromatic rings. The van der Waals surface area contributed by atoms with Gasteiger partial charge >= 0.3 is 6.29 Å². The van der Waals surface area contributed by atoms with E-state index in [1.54, 1.807) is 20.2 Å². The molecule has 0 aliphatic heterocycles. The summed E-state index contributed by atoms with van der Waals surface area (Å²) in [6, 6.07) is 9.58. The Morgan fingerprint density at radius 3 is 2.60 bits per heavy atom. The van der Waals surface area contributed by atoms with Crippen LogP contribution in [0.5, 0.6) is 5.75 Å². The molecular formula is C21H25F2N3O4. The summed E-state index contributed by atoms with van der Waals surface area (Å²) in [6.07, 6.45) is 0.0426. The molecule has 3 rings (SSSR count). The number of nitrogens with zero attached hydrogens (tertiary/aromatic N) is 2. The molecule has 0 aliphatic carbocycles. The smallest absolute Gasteiger partial charge is 0.483 e. The van der Waals surface area contributed by atoms with Gasteiger partial charge in [0.15, 0.2) is 0 Å². The van der Waals surface area contributed by atoms with Gasteiger partial charge < -0.3 is 19.6 Å². The molecule has 7 nitrogen and oxygen atoms in total. The van der Waals surface area contributed by atoms with Crippen molar-refractivity contribution in [1.29, 1.82) is 0 Å². The van der Waals surface area contributed by atoms with Crippen LogP contribution in [0, 0.1) is 6.92 Å². The average Bonchev–Trinajstić information content (AvgIpc) is 3.13. The first-order valence-corrected chi connectivity index (χ1v) is 9.33. The number of hydrogen-bond acceptors (Lipinski definition) is 6. The molecule has 2 N–H and O–H groups in total. The number of H-pyrrole nitrogens is 1. The Morgan fingerprint density at radius 2 is 1.93 bits per heavy atom. The first kappa shape index (κ1) is 23.4. The van der Waals surface area contributed by atoms with Crippen LogP contribution in [0.15, 0.2) is 36.5 Å². The van der Waals surface area contributed by atoms with Gasteiger partial charge in [0.25, 0.3) is 0 Å². The molecular weight excluding hydrogens is 396 g/mol. The Labute approximate surface area is 173 Å². The maximum absolute atomic E-state index is 11.0. The van der Waals surface area contributed by atoms with E-state index in [-0.39, 0.29) is 0 Å². The van der Waals surface area contributed by atoms with Crippen molar-refractivity contribution >= 4 is 17.3 Å². The lowest BCUT2D eigenvalue weighted by atomic mass is 9.96. The highest BCUT2D eigenvalue weighted by Gasteiger charge is 2.29. The lowest BCUT2D eigenvalue weighted by Crippen LogP contribution is -2.27.